The number of aryl methyl sites for hydroxylation is 1. The molecule has 1 fully saturated rings. The minimum atomic E-state index is -0.530. The largest absolute Gasteiger partial charge is 0.331 e. The second kappa shape index (κ2) is 4.67. The minimum absolute atomic E-state index is 0.0490. The third-order valence-electron chi connectivity index (χ3n) is 3.28. The molecule has 0 N–H and O–H groups in total. The summed E-state index contributed by atoms with van der Waals surface area (Å²) >= 11 is 0. The van der Waals surface area contributed by atoms with Crippen LogP contribution in [0.4, 0.5) is 8.78 Å². The van der Waals surface area contributed by atoms with Crippen molar-refractivity contribution in [2.24, 2.45) is 7.05 Å². The van der Waals surface area contributed by atoms with Crippen molar-refractivity contribution in [3.8, 4) is 0 Å². The lowest BCUT2D eigenvalue weighted by atomic mass is 10.2. The molecular formula is C14H18F2N2. The molecule has 2 aromatic rings. The van der Waals surface area contributed by atoms with Crippen LogP contribution in [-0.2, 0) is 7.05 Å². The molecule has 0 saturated heterocycles. The topological polar surface area (TPSA) is 17.8 Å². The number of benzene rings is 1. The molecule has 4 heteroatoms. The standard InChI is InChI=1S/C12H12F2N2.C2H6/c1-6-8(13)5-9-11(10(6)14)15-12(16(9)2)7-3-4-7;1-2/h5,7H,3-4H2,1-2H3;1-2H3. The normalized spacial score (nSPS) is 14.6. The van der Waals surface area contributed by atoms with Crippen molar-refractivity contribution >= 4 is 11.0 Å². The Hall–Kier alpha value is -1.45. The number of hydrogen-bond donors (Lipinski definition) is 0. The van der Waals surface area contributed by atoms with E-state index in [9.17, 15) is 8.78 Å². The SMILES string of the molecule is CC.Cc1c(F)cc2c(nc(C3CC3)n2C)c1F. The fraction of sp³-hybridized carbons (Fsp3) is 0.500. The number of imidazole rings is 1. The third-order valence-corrected chi connectivity index (χ3v) is 3.28. The molecule has 18 heavy (non-hydrogen) atoms. The van der Waals surface area contributed by atoms with Gasteiger partial charge in [-0.1, -0.05) is 13.8 Å². The first kappa shape index (κ1) is 13.0. The van der Waals surface area contributed by atoms with E-state index in [4.69, 9.17) is 0 Å². The third kappa shape index (κ3) is 1.89. The molecule has 1 aromatic heterocycles. The molecule has 1 aromatic carbocycles. The summed E-state index contributed by atoms with van der Waals surface area (Å²) in [6.45, 7) is 5.44. The Morgan fingerprint density at radius 1 is 1.28 bits per heavy atom. The van der Waals surface area contributed by atoms with Crippen molar-refractivity contribution in [1.82, 2.24) is 9.55 Å². The molecule has 0 unspecified atom stereocenters. The highest BCUT2D eigenvalue weighted by atomic mass is 19.1. The van der Waals surface area contributed by atoms with Gasteiger partial charge in [0.15, 0.2) is 5.82 Å². The van der Waals surface area contributed by atoms with E-state index in [1.807, 2.05) is 20.9 Å². The molecule has 98 valence electrons. The average molecular weight is 252 g/mol. The maximum atomic E-state index is 13.8. The van der Waals surface area contributed by atoms with Crippen LogP contribution in [0.3, 0.4) is 0 Å². The molecule has 1 aliphatic rings. The lowest BCUT2D eigenvalue weighted by Gasteiger charge is -2.01. The summed E-state index contributed by atoms with van der Waals surface area (Å²) in [5.41, 5.74) is 0.888. The minimum Gasteiger partial charge on any atom is -0.331 e. The quantitative estimate of drug-likeness (QED) is 0.748. The van der Waals surface area contributed by atoms with E-state index in [2.05, 4.69) is 4.98 Å². The fourth-order valence-electron chi connectivity index (χ4n) is 2.07. The second-order valence-corrected chi connectivity index (χ2v) is 4.47. The van der Waals surface area contributed by atoms with E-state index < -0.39 is 11.6 Å². The highest BCUT2D eigenvalue weighted by Gasteiger charge is 2.29. The Kier molecular flexibility index (Phi) is 3.37. The van der Waals surface area contributed by atoms with Crippen LogP contribution < -0.4 is 0 Å². The van der Waals surface area contributed by atoms with Gasteiger partial charge in [0.05, 0.1) is 5.52 Å². The van der Waals surface area contributed by atoms with Crippen LogP contribution in [0, 0.1) is 18.6 Å². The van der Waals surface area contributed by atoms with Gasteiger partial charge in [-0.15, -0.1) is 0 Å². The Morgan fingerprint density at radius 3 is 2.44 bits per heavy atom. The average Bonchev–Trinajstić information content (AvgIpc) is 3.16. The number of aromatic nitrogens is 2. The zero-order valence-electron chi connectivity index (χ0n) is 11.2. The Bertz CT molecular complexity index is 583. The van der Waals surface area contributed by atoms with Gasteiger partial charge in [-0.2, -0.15) is 0 Å². The number of hydrogen-bond acceptors (Lipinski definition) is 1. The zero-order chi connectivity index (χ0) is 13.4. The second-order valence-electron chi connectivity index (χ2n) is 4.47. The molecule has 0 spiro atoms. The molecule has 0 radical (unpaired) electrons. The van der Waals surface area contributed by atoms with Crippen LogP contribution >= 0.6 is 0 Å². The maximum Gasteiger partial charge on any atom is 0.156 e. The van der Waals surface area contributed by atoms with E-state index >= 15 is 0 Å². The van der Waals surface area contributed by atoms with Crippen LogP contribution in [-0.4, -0.2) is 9.55 Å². The maximum absolute atomic E-state index is 13.8. The van der Waals surface area contributed by atoms with E-state index in [1.54, 1.807) is 4.57 Å². The molecular weight excluding hydrogens is 234 g/mol. The Labute approximate surface area is 106 Å². The van der Waals surface area contributed by atoms with E-state index in [0.29, 0.717) is 17.0 Å². The van der Waals surface area contributed by atoms with Gasteiger partial charge in [0.1, 0.15) is 17.2 Å². The lowest BCUT2D eigenvalue weighted by Crippen LogP contribution is -1.95. The van der Waals surface area contributed by atoms with E-state index in [-0.39, 0.29) is 5.56 Å². The van der Waals surface area contributed by atoms with Gasteiger partial charge in [0.25, 0.3) is 0 Å². The summed E-state index contributed by atoms with van der Waals surface area (Å²) in [6.07, 6.45) is 2.19. The summed E-state index contributed by atoms with van der Waals surface area (Å²) in [7, 11) is 1.82. The van der Waals surface area contributed by atoms with Gasteiger partial charge in [0, 0.05) is 24.6 Å². The van der Waals surface area contributed by atoms with Gasteiger partial charge in [-0.05, 0) is 19.8 Å². The first-order valence-corrected chi connectivity index (χ1v) is 6.40. The number of fused-ring (bicyclic) bond motifs is 1. The summed E-state index contributed by atoms with van der Waals surface area (Å²) in [5, 5.41) is 0. The van der Waals surface area contributed by atoms with Crippen molar-refractivity contribution in [2.75, 3.05) is 0 Å². The first-order chi connectivity index (χ1) is 8.59. The van der Waals surface area contributed by atoms with Crippen LogP contribution in [0.2, 0.25) is 0 Å². The van der Waals surface area contributed by atoms with Gasteiger partial charge in [-0.25, -0.2) is 13.8 Å². The van der Waals surface area contributed by atoms with E-state index in [0.717, 1.165) is 18.7 Å². The highest BCUT2D eigenvalue weighted by Crippen LogP contribution is 2.40. The van der Waals surface area contributed by atoms with Crippen LogP contribution in [0.5, 0.6) is 0 Å². The Balaban J connectivity index is 0.000000574. The summed E-state index contributed by atoms with van der Waals surface area (Å²) in [5.74, 6) is 0.270. The molecule has 2 nitrogen and oxygen atoms in total. The zero-order valence-corrected chi connectivity index (χ0v) is 11.2. The number of rotatable bonds is 1. The van der Waals surface area contributed by atoms with Crippen molar-refractivity contribution in [2.45, 2.75) is 39.5 Å². The number of halogens is 2. The lowest BCUT2D eigenvalue weighted by molar-refractivity contribution is 0.575. The predicted octanol–water partition coefficient (Wildman–Crippen LogP) is 4.06. The van der Waals surface area contributed by atoms with Crippen LogP contribution in [0.25, 0.3) is 11.0 Å². The van der Waals surface area contributed by atoms with E-state index in [1.165, 1.54) is 13.0 Å². The molecule has 3 rings (SSSR count). The molecule has 1 saturated carbocycles. The monoisotopic (exact) mass is 252 g/mol. The van der Waals surface area contributed by atoms with Crippen molar-refractivity contribution < 1.29 is 8.78 Å². The first-order valence-electron chi connectivity index (χ1n) is 6.40. The van der Waals surface area contributed by atoms with Gasteiger partial charge in [-0.3, -0.25) is 0 Å². The van der Waals surface area contributed by atoms with Gasteiger partial charge in [0.2, 0.25) is 0 Å². The fourth-order valence-corrected chi connectivity index (χ4v) is 2.07. The molecule has 0 bridgehead atoms. The van der Waals surface area contributed by atoms with Gasteiger partial charge >= 0.3 is 0 Å². The van der Waals surface area contributed by atoms with Crippen molar-refractivity contribution in [3.05, 3.63) is 29.1 Å². The van der Waals surface area contributed by atoms with Crippen molar-refractivity contribution in [1.29, 1.82) is 0 Å². The van der Waals surface area contributed by atoms with Crippen LogP contribution in [0.1, 0.15) is 44.0 Å². The molecule has 0 aliphatic heterocycles. The predicted molar refractivity (Wildman–Crippen MR) is 68.7 cm³/mol. The summed E-state index contributed by atoms with van der Waals surface area (Å²) in [4.78, 5) is 4.30. The molecule has 1 heterocycles. The highest BCUT2D eigenvalue weighted by molar-refractivity contribution is 5.78. The van der Waals surface area contributed by atoms with Crippen molar-refractivity contribution in [3.63, 3.8) is 0 Å². The van der Waals surface area contributed by atoms with Crippen LogP contribution in [0.15, 0.2) is 6.07 Å². The van der Waals surface area contributed by atoms with Gasteiger partial charge < -0.3 is 4.57 Å². The molecule has 1 aliphatic carbocycles. The Morgan fingerprint density at radius 2 is 1.89 bits per heavy atom. The molecule has 0 amide bonds. The smallest absolute Gasteiger partial charge is 0.156 e. The number of nitrogens with zero attached hydrogens (tertiary/aromatic N) is 2. The molecule has 0 atom stereocenters. The summed E-state index contributed by atoms with van der Waals surface area (Å²) < 4.78 is 29.1. The summed E-state index contributed by atoms with van der Waals surface area (Å²) in [6, 6.07) is 1.37.